The maximum atomic E-state index is 11.6. The molecule has 1 fully saturated rings. The molecule has 0 aromatic heterocycles. The van der Waals surface area contributed by atoms with E-state index in [0.717, 1.165) is 16.7 Å². The fourth-order valence-corrected chi connectivity index (χ4v) is 2.33. The summed E-state index contributed by atoms with van der Waals surface area (Å²) in [5.41, 5.74) is 5.29. The highest BCUT2D eigenvalue weighted by Gasteiger charge is 2.37. The van der Waals surface area contributed by atoms with Gasteiger partial charge in [0.15, 0.2) is 0 Å². The van der Waals surface area contributed by atoms with Crippen LogP contribution in [0.4, 0.5) is 0 Å². The van der Waals surface area contributed by atoms with E-state index in [1.54, 1.807) is 0 Å². The maximum Gasteiger partial charge on any atom is 0.321 e. The lowest BCUT2D eigenvalue weighted by molar-refractivity contribution is -0.138. The number of carboxylic acids is 1. The molecule has 1 unspecified atom stereocenters. The van der Waals surface area contributed by atoms with Gasteiger partial charge in [0.25, 0.3) is 0 Å². The monoisotopic (exact) mass is 244 g/mol. The van der Waals surface area contributed by atoms with Gasteiger partial charge in [0.05, 0.1) is 5.25 Å². The van der Waals surface area contributed by atoms with Crippen LogP contribution in [0.2, 0.25) is 0 Å². The molecule has 6 nitrogen and oxygen atoms in total. The van der Waals surface area contributed by atoms with Gasteiger partial charge in [-0.15, -0.1) is 11.8 Å². The summed E-state index contributed by atoms with van der Waals surface area (Å²) in [6.07, 6.45) is 1.24. The highest BCUT2D eigenvalue weighted by Crippen LogP contribution is 2.25. The van der Waals surface area contributed by atoms with E-state index in [2.05, 4.69) is 6.58 Å². The molecule has 1 aliphatic rings. The number of hydrogen-bond acceptors (Lipinski definition) is 5. The Morgan fingerprint density at radius 1 is 1.75 bits per heavy atom. The molecule has 0 aromatic rings. The number of hydrogen-bond donors (Lipinski definition) is 2. The molecule has 3 N–H and O–H groups in total. The van der Waals surface area contributed by atoms with Crippen LogP contribution in [0.15, 0.2) is 12.8 Å². The molecule has 0 bridgehead atoms. The summed E-state index contributed by atoms with van der Waals surface area (Å²) in [6, 6.07) is -1.02. The van der Waals surface area contributed by atoms with Crippen molar-refractivity contribution in [3.63, 3.8) is 0 Å². The summed E-state index contributed by atoms with van der Waals surface area (Å²) < 4.78 is 0. The average Bonchev–Trinajstić information content (AvgIpc) is 2.50. The van der Waals surface area contributed by atoms with E-state index in [0.29, 0.717) is 0 Å². The van der Waals surface area contributed by atoms with E-state index < -0.39 is 17.3 Å². The predicted octanol–water partition coefficient (Wildman–Crippen LogP) is -0.597. The Kier molecular flexibility index (Phi) is 4.08. The van der Waals surface area contributed by atoms with Gasteiger partial charge in [-0.25, -0.2) is 0 Å². The molecule has 0 spiro atoms. The van der Waals surface area contributed by atoms with Crippen molar-refractivity contribution in [1.82, 2.24) is 4.90 Å². The van der Waals surface area contributed by atoms with Gasteiger partial charge in [-0.1, -0.05) is 6.58 Å². The quantitative estimate of drug-likeness (QED) is 0.626. The summed E-state index contributed by atoms with van der Waals surface area (Å²) in [5, 5.41) is 8.01. The molecule has 88 valence electrons. The van der Waals surface area contributed by atoms with Crippen molar-refractivity contribution in [2.24, 2.45) is 5.73 Å². The van der Waals surface area contributed by atoms with Gasteiger partial charge in [0.2, 0.25) is 11.8 Å². The first kappa shape index (κ1) is 12.7. The SMILES string of the molecule is C=CN1C(=O)CC(SC[C@H](N)C(=O)O)C1=O. The highest BCUT2D eigenvalue weighted by atomic mass is 32.2. The molecule has 7 heteroatoms. The number of likely N-dealkylation sites (tertiary alicyclic amines) is 1. The predicted molar refractivity (Wildman–Crippen MR) is 58.5 cm³/mol. The van der Waals surface area contributed by atoms with E-state index in [1.807, 2.05) is 0 Å². The molecule has 2 atom stereocenters. The summed E-state index contributed by atoms with van der Waals surface area (Å²) in [7, 11) is 0. The fourth-order valence-electron chi connectivity index (χ4n) is 1.24. The summed E-state index contributed by atoms with van der Waals surface area (Å²) >= 11 is 1.09. The molecule has 0 aromatic carbocycles. The average molecular weight is 244 g/mol. The first-order chi connectivity index (χ1) is 7.47. The third kappa shape index (κ3) is 2.61. The van der Waals surface area contributed by atoms with Crippen LogP contribution in [0.3, 0.4) is 0 Å². The molecule has 1 rings (SSSR count). The van der Waals surface area contributed by atoms with Crippen molar-refractivity contribution in [2.45, 2.75) is 17.7 Å². The van der Waals surface area contributed by atoms with E-state index >= 15 is 0 Å². The second-order valence-corrected chi connectivity index (χ2v) is 4.49. The molecular formula is C9H12N2O4S. The Morgan fingerprint density at radius 3 is 2.81 bits per heavy atom. The Balaban J connectivity index is 2.51. The second kappa shape index (κ2) is 5.13. The largest absolute Gasteiger partial charge is 0.480 e. The number of carbonyl (C=O) groups is 3. The van der Waals surface area contributed by atoms with Gasteiger partial charge in [0, 0.05) is 18.4 Å². The van der Waals surface area contributed by atoms with Crippen LogP contribution in [0, 0.1) is 0 Å². The van der Waals surface area contributed by atoms with Crippen LogP contribution in [0.5, 0.6) is 0 Å². The van der Waals surface area contributed by atoms with Crippen LogP contribution in [-0.2, 0) is 14.4 Å². The second-order valence-electron chi connectivity index (χ2n) is 3.26. The Bertz CT molecular complexity index is 344. The van der Waals surface area contributed by atoms with Crippen LogP contribution in [0.1, 0.15) is 6.42 Å². The third-order valence-corrected chi connectivity index (χ3v) is 3.44. The maximum absolute atomic E-state index is 11.6. The Labute approximate surface area is 96.5 Å². The number of imide groups is 1. The van der Waals surface area contributed by atoms with Gasteiger partial charge >= 0.3 is 5.97 Å². The van der Waals surface area contributed by atoms with E-state index in [1.165, 1.54) is 6.20 Å². The van der Waals surface area contributed by atoms with Crippen molar-refractivity contribution in [3.8, 4) is 0 Å². The number of thioether (sulfide) groups is 1. The van der Waals surface area contributed by atoms with E-state index in [-0.39, 0.29) is 24.0 Å². The first-order valence-electron chi connectivity index (χ1n) is 4.55. The normalized spacial score (nSPS) is 22.3. The number of carboxylic acid groups (broad SMARTS) is 1. The lowest BCUT2D eigenvalue weighted by Crippen LogP contribution is -2.34. The van der Waals surface area contributed by atoms with E-state index in [4.69, 9.17) is 10.8 Å². The van der Waals surface area contributed by atoms with Crippen LogP contribution in [0.25, 0.3) is 0 Å². The lowest BCUT2D eigenvalue weighted by Gasteiger charge is -2.10. The van der Waals surface area contributed by atoms with Crippen molar-refractivity contribution in [3.05, 3.63) is 12.8 Å². The highest BCUT2D eigenvalue weighted by molar-refractivity contribution is 8.00. The molecule has 0 saturated carbocycles. The van der Waals surface area contributed by atoms with Gasteiger partial charge in [-0.05, 0) is 0 Å². The summed E-state index contributed by atoms with van der Waals surface area (Å²) in [6.45, 7) is 3.36. The van der Waals surface area contributed by atoms with Crippen molar-refractivity contribution in [1.29, 1.82) is 0 Å². The number of amides is 2. The molecule has 2 amide bonds. The minimum absolute atomic E-state index is 0.0713. The Hall–Kier alpha value is -1.34. The topological polar surface area (TPSA) is 101 Å². The van der Waals surface area contributed by atoms with Gasteiger partial charge in [0.1, 0.15) is 6.04 Å². The van der Waals surface area contributed by atoms with E-state index in [9.17, 15) is 14.4 Å². The smallest absolute Gasteiger partial charge is 0.321 e. The van der Waals surface area contributed by atoms with Crippen LogP contribution in [-0.4, -0.2) is 44.8 Å². The number of nitrogens with two attached hydrogens (primary N) is 1. The first-order valence-corrected chi connectivity index (χ1v) is 5.60. The van der Waals surface area contributed by atoms with Gasteiger partial charge < -0.3 is 10.8 Å². The number of carbonyl (C=O) groups excluding carboxylic acids is 2. The zero-order chi connectivity index (χ0) is 12.3. The molecular weight excluding hydrogens is 232 g/mol. The third-order valence-electron chi connectivity index (χ3n) is 2.12. The zero-order valence-electron chi connectivity index (χ0n) is 8.46. The van der Waals surface area contributed by atoms with Crippen molar-refractivity contribution < 1.29 is 19.5 Å². The number of aliphatic carboxylic acids is 1. The summed E-state index contributed by atoms with van der Waals surface area (Å²) in [5.74, 6) is -1.70. The fraction of sp³-hybridized carbons (Fsp3) is 0.444. The van der Waals surface area contributed by atoms with Crippen LogP contribution < -0.4 is 5.73 Å². The molecule has 0 aliphatic carbocycles. The van der Waals surface area contributed by atoms with Crippen LogP contribution >= 0.6 is 11.8 Å². The van der Waals surface area contributed by atoms with Crippen molar-refractivity contribution in [2.75, 3.05) is 5.75 Å². The van der Waals surface area contributed by atoms with Gasteiger partial charge in [-0.2, -0.15) is 0 Å². The minimum atomic E-state index is -1.12. The lowest BCUT2D eigenvalue weighted by atomic mass is 10.3. The molecule has 16 heavy (non-hydrogen) atoms. The zero-order valence-corrected chi connectivity index (χ0v) is 9.27. The summed E-state index contributed by atoms with van der Waals surface area (Å²) in [4.78, 5) is 34.2. The molecule has 1 aliphatic heterocycles. The Morgan fingerprint density at radius 2 is 2.38 bits per heavy atom. The molecule has 1 heterocycles. The van der Waals surface area contributed by atoms with Gasteiger partial charge in [-0.3, -0.25) is 19.3 Å². The standard InChI is InChI=1S/C9H12N2O4S/c1-2-11-7(12)3-6(8(11)13)16-4-5(10)9(14)15/h2,5-6H,1,3-4,10H2,(H,14,15)/t5-,6?/m0/s1. The van der Waals surface area contributed by atoms with Crippen molar-refractivity contribution >= 4 is 29.5 Å². The number of rotatable bonds is 5. The number of nitrogens with zero attached hydrogens (tertiary/aromatic N) is 1. The molecule has 0 radical (unpaired) electrons. The molecule has 1 saturated heterocycles. The minimum Gasteiger partial charge on any atom is -0.480 e.